The first-order valence-electron chi connectivity index (χ1n) is 12.6. The lowest BCUT2D eigenvalue weighted by Gasteiger charge is -2.29. The molecule has 0 spiro atoms. The van der Waals surface area contributed by atoms with Gasteiger partial charge in [-0.3, -0.25) is 14.2 Å². The first-order chi connectivity index (χ1) is 17.1. The number of amides is 1. The van der Waals surface area contributed by atoms with Crippen LogP contribution in [0.25, 0.3) is 10.9 Å². The summed E-state index contributed by atoms with van der Waals surface area (Å²) in [7, 11) is 0. The average molecular weight is 490 g/mol. The molecule has 4 rings (SSSR count). The van der Waals surface area contributed by atoms with Gasteiger partial charge in [0.05, 0.1) is 28.0 Å². The van der Waals surface area contributed by atoms with Gasteiger partial charge in [0.1, 0.15) is 0 Å². The number of carbonyl (C=O) groups is 3. The molecule has 2 aromatic carbocycles. The third-order valence-corrected chi connectivity index (χ3v) is 7.03. The number of benzene rings is 2. The zero-order valence-corrected chi connectivity index (χ0v) is 21.5. The molecular formula is C29H35N3O4. The molecule has 1 amide bonds. The first kappa shape index (κ1) is 25.5. The van der Waals surface area contributed by atoms with Crippen molar-refractivity contribution in [3.63, 3.8) is 0 Å². The van der Waals surface area contributed by atoms with E-state index in [4.69, 9.17) is 0 Å². The number of carboxylic acids is 1. The number of para-hydroxylation sites is 1. The van der Waals surface area contributed by atoms with E-state index < -0.39 is 11.4 Å². The van der Waals surface area contributed by atoms with E-state index >= 15 is 0 Å². The van der Waals surface area contributed by atoms with Gasteiger partial charge in [-0.1, -0.05) is 58.2 Å². The fraction of sp³-hybridized carbons (Fsp3) is 0.414. The lowest BCUT2D eigenvalue weighted by molar-refractivity contribution is 0.0693. The number of fused-ring (bicyclic) bond motifs is 1. The highest BCUT2D eigenvalue weighted by Gasteiger charge is 2.29. The Labute approximate surface area is 211 Å². The van der Waals surface area contributed by atoms with Crippen LogP contribution in [0.3, 0.4) is 0 Å². The summed E-state index contributed by atoms with van der Waals surface area (Å²) in [6.07, 6.45) is 7.60. The van der Waals surface area contributed by atoms with Gasteiger partial charge >= 0.3 is 5.97 Å². The summed E-state index contributed by atoms with van der Waals surface area (Å²) >= 11 is 0. The smallest absolute Gasteiger partial charge is 0.336 e. The minimum Gasteiger partial charge on any atom is -0.478 e. The Bertz CT molecular complexity index is 1310. The monoisotopic (exact) mass is 489 g/mol. The maximum atomic E-state index is 13.7. The molecule has 7 nitrogen and oxygen atoms in total. The Hall–Kier alpha value is -3.61. The number of aromatic carboxylic acids is 1. The third kappa shape index (κ3) is 5.15. The molecule has 0 atom stereocenters. The molecule has 3 aromatic rings. The van der Waals surface area contributed by atoms with Crippen LogP contribution in [-0.2, 0) is 5.41 Å². The Morgan fingerprint density at radius 1 is 1.00 bits per heavy atom. The molecule has 1 aromatic heterocycles. The van der Waals surface area contributed by atoms with Crippen LogP contribution in [0.4, 0.5) is 11.4 Å². The van der Waals surface area contributed by atoms with Gasteiger partial charge in [-0.2, -0.15) is 0 Å². The maximum absolute atomic E-state index is 13.7. The van der Waals surface area contributed by atoms with Crippen molar-refractivity contribution in [2.45, 2.75) is 65.2 Å². The molecule has 1 fully saturated rings. The maximum Gasteiger partial charge on any atom is 0.336 e. The van der Waals surface area contributed by atoms with E-state index in [9.17, 15) is 19.5 Å². The van der Waals surface area contributed by atoms with Crippen LogP contribution in [0.15, 0.2) is 42.6 Å². The van der Waals surface area contributed by atoms with Crippen molar-refractivity contribution in [3.8, 4) is 0 Å². The van der Waals surface area contributed by atoms with E-state index in [0.717, 1.165) is 6.54 Å². The fourth-order valence-corrected chi connectivity index (χ4v) is 5.28. The van der Waals surface area contributed by atoms with Crippen molar-refractivity contribution in [1.82, 2.24) is 4.57 Å². The van der Waals surface area contributed by atoms with Crippen molar-refractivity contribution in [2.75, 3.05) is 17.2 Å². The number of rotatable bonds is 6. The molecule has 1 aliphatic carbocycles. The largest absolute Gasteiger partial charge is 0.478 e. The summed E-state index contributed by atoms with van der Waals surface area (Å²) in [6, 6.07) is 10.6. The summed E-state index contributed by atoms with van der Waals surface area (Å²) < 4.78 is 1.46. The lowest BCUT2D eigenvalue weighted by Crippen LogP contribution is -2.25. The molecule has 0 radical (unpaired) electrons. The first-order valence-corrected chi connectivity index (χ1v) is 12.6. The number of aromatic nitrogens is 1. The van der Waals surface area contributed by atoms with Crippen LogP contribution >= 0.6 is 0 Å². The van der Waals surface area contributed by atoms with Gasteiger partial charge in [0, 0.05) is 25.1 Å². The van der Waals surface area contributed by atoms with Crippen molar-refractivity contribution in [1.29, 1.82) is 0 Å². The Morgan fingerprint density at radius 2 is 1.69 bits per heavy atom. The topological polar surface area (TPSA) is 100 Å². The molecule has 190 valence electrons. The molecule has 7 heteroatoms. The van der Waals surface area contributed by atoms with Gasteiger partial charge in [-0.15, -0.1) is 0 Å². The van der Waals surface area contributed by atoms with Crippen molar-refractivity contribution in [3.05, 3.63) is 59.3 Å². The van der Waals surface area contributed by atoms with E-state index in [2.05, 4.69) is 10.6 Å². The van der Waals surface area contributed by atoms with Gasteiger partial charge in [0.15, 0.2) is 0 Å². The molecule has 3 N–H and O–H groups in total. The average Bonchev–Trinajstić information content (AvgIpc) is 3.23. The Balaban J connectivity index is 1.78. The standard InChI is InChI=1S/C29H35N3O4/c1-18(33)32-17-22(20-12-8-9-13-24(20)32)27(34)31-26-23(30-16-19-10-6-5-7-11-19)15-14-21(28(35)36)25(26)29(2,3)4/h8-9,12-15,17,19,30H,5-7,10-11,16H2,1-4H3,(H,31,34)(H,35,36). The number of carboxylic acid groups (broad SMARTS) is 1. The van der Waals surface area contributed by atoms with E-state index in [-0.39, 0.29) is 17.4 Å². The second kappa shape index (κ2) is 10.2. The summed E-state index contributed by atoms with van der Waals surface area (Å²) in [5.74, 6) is -1.07. The highest BCUT2D eigenvalue weighted by molar-refractivity contribution is 6.16. The second-order valence-corrected chi connectivity index (χ2v) is 10.8. The molecule has 36 heavy (non-hydrogen) atoms. The third-order valence-electron chi connectivity index (χ3n) is 7.03. The van der Waals surface area contributed by atoms with Gasteiger partial charge in [0.2, 0.25) is 5.91 Å². The van der Waals surface area contributed by atoms with Crippen LogP contribution in [0, 0.1) is 5.92 Å². The molecule has 0 unspecified atom stereocenters. The number of nitrogens with zero attached hydrogens (tertiary/aromatic N) is 1. The van der Waals surface area contributed by atoms with E-state index in [1.54, 1.807) is 24.4 Å². The minimum atomic E-state index is -1.04. The summed E-state index contributed by atoms with van der Waals surface area (Å²) in [5, 5.41) is 17.2. The molecule has 0 bridgehead atoms. The van der Waals surface area contributed by atoms with Crippen molar-refractivity contribution in [2.24, 2.45) is 5.92 Å². The van der Waals surface area contributed by atoms with Gasteiger partial charge in [-0.05, 0) is 47.9 Å². The summed E-state index contributed by atoms with van der Waals surface area (Å²) in [4.78, 5) is 38.0. The number of hydrogen-bond donors (Lipinski definition) is 3. The van der Waals surface area contributed by atoms with Crippen LogP contribution in [0.5, 0.6) is 0 Å². The van der Waals surface area contributed by atoms with Crippen LogP contribution < -0.4 is 10.6 Å². The fourth-order valence-electron chi connectivity index (χ4n) is 5.28. The molecule has 1 aliphatic rings. The quantitative estimate of drug-likeness (QED) is 0.365. The predicted molar refractivity (Wildman–Crippen MR) is 143 cm³/mol. The molecule has 1 saturated carbocycles. The Kier molecular flexibility index (Phi) is 7.20. The highest BCUT2D eigenvalue weighted by Crippen LogP contribution is 2.39. The van der Waals surface area contributed by atoms with Crippen LogP contribution in [-0.4, -0.2) is 34.0 Å². The minimum absolute atomic E-state index is 0.159. The van der Waals surface area contributed by atoms with Crippen LogP contribution in [0.1, 0.15) is 90.9 Å². The second-order valence-electron chi connectivity index (χ2n) is 10.8. The SMILES string of the molecule is CC(=O)n1cc(C(=O)Nc2c(NCC3CCCCC3)ccc(C(=O)O)c2C(C)(C)C)c2ccccc21. The van der Waals surface area contributed by atoms with E-state index in [1.165, 1.54) is 43.6 Å². The number of nitrogens with one attached hydrogen (secondary N) is 2. The lowest BCUT2D eigenvalue weighted by atomic mass is 9.81. The number of carbonyl (C=O) groups excluding carboxylic acids is 2. The highest BCUT2D eigenvalue weighted by atomic mass is 16.4. The zero-order chi connectivity index (χ0) is 26.0. The molecular weight excluding hydrogens is 454 g/mol. The molecule has 0 aliphatic heterocycles. The number of anilines is 2. The predicted octanol–water partition coefficient (Wildman–Crippen LogP) is 6.54. The molecule has 0 saturated heterocycles. The molecule has 1 heterocycles. The van der Waals surface area contributed by atoms with Crippen molar-refractivity contribution < 1.29 is 19.5 Å². The van der Waals surface area contributed by atoms with Gasteiger partial charge in [-0.25, -0.2) is 4.79 Å². The zero-order valence-electron chi connectivity index (χ0n) is 21.5. The van der Waals surface area contributed by atoms with Gasteiger partial charge in [0.25, 0.3) is 5.91 Å². The van der Waals surface area contributed by atoms with E-state index in [0.29, 0.717) is 39.3 Å². The van der Waals surface area contributed by atoms with E-state index in [1.807, 2.05) is 39.0 Å². The normalized spacial score (nSPS) is 14.6. The van der Waals surface area contributed by atoms with Gasteiger partial charge < -0.3 is 15.7 Å². The number of hydrogen-bond acceptors (Lipinski definition) is 4. The Morgan fingerprint density at radius 3 is 2.33 bits per heavy atom. The van der Waals surface area contributed by atoms with Crippen LogP contribution in [0.2, 0.25) is 0 Å². The van der Waals surface area contributed by atoms with Crippen molar-refractivity contribution >= 4 is 40.1 Å². The summed E-state index contributed by atoms with van der Waals surface area (Å²) in [5.41, 5.74) is 2.37. The summed E-state index contributed by atoms with van der Waals surface area (Å²) in [6.45, 7) is 8.04.